The monoisotopic (exact) mass is 184 g/mol. The van der Waals surface area contributed by atoms with E-state index in [9.17, 15) is 8.78 Å². The number of nitrogens with two attached hydrogens (primary N) is 2. The van der Waals surface area contributed by atoms with Crippen molar-refractivity contribution >= 4 is 11.5 Å². The molecule has 0 saturated heterocycles. The van der Waals surface area contributed by atoms with Gasteiger partial charge in [-0.25, -0.2) is 13.8 Å². The van der Waals surface area contributed by atoms with E-state index < -0.39 is 12.1 Å². The summed E-state index contributed by atoms with van der Waals surface area (Å²) in [6, 6.07) is 2.65. The zero-order valence-corrected chi connectivity index (χ0v) is 6.46. The molecule has 13 heavy (non-hydrogen) atoms. The SMILES string of the molecule is N#Cc1cc(N)c(N)nc1C(F)F. The van der Waals surface area contributed by atoms with Crippen molar-refractivity contribution in [2.75, 3.05) is 11.5 Å². The summed E-state index contributed by atoms with van der Waals surface area (Å²) < 4.78 is 24.4. The van der Waals surface area contributed by atoms with Crippen LogP contribution in [0.1, 0.15) is 17.7 Å². The number of nitrogen functional groups attached to an aromatic ring is 2. The lowest BCUT2D eigenvalue weighted by Crippen LogP contribution is -2.04. The van der Waals surface area contributed by atoms with Crippen molar-refractivity contribution in [2.45, 2.75) is 6.43 Å². The maximum atomic E-state index is 12.2. The van der Waals surface area contributed by atoms with Crippen LogP contribution in [-0.4, -0.2) is 4.98 Å². The second-order valence-corrected chi connectivity index (χ2v) is 2.31. The van der Waals surface area contributed by atoms with E-state index in [0.717, 1.165) is 6.07 Å². The predicted octanol–water partition coefficient (Wildman–Crippen LogP) is 1.06. The van der Waals surface area contributed by atoms with Crippen molar-refractivity contribution in [1.29, 1.82) is 5.26 Å². The first-order valence-corrected chi connectivity index (χ1v) is 3.30. The Balaban J connectivity index is 3.35. The average Bonchev–Trinajstić information content (AvgIpc) is 2.08. The van der Waals surface area contributed by atoms with Gasteiger partial charge in [-0.2, -0.15) is 5.26 Å². The molecule has 0 saturated carbocycles. The van der Waals surface area contributed by atoms with E-state index in [1.54, 1.807) is 6.07 Å². The number of nitrogens with zero attached hydrogens (tertiary/aromatic N) is 2. The lowest BCUT2D eigenvalue weighted by molar-refractivity contribution is 0.146. The van der Waals surface area contributed by atoms with E-state index in [2.05, 4.69) is 4.98 Å². The number of alkyl halides is 2. The minimum Gasteiger partial charge on any atom is -0.396 e. The van der Waals surface area contributed by atoms with Crippen LogP contribution >= 0.6 is 0 Å². The Morgan fingerprint density at radius 2 is 2.08 bits per heavy atom. The third kappa shape index (κ3) is 1.64. The molecule has 0 unspecified atom stereocenters. The van der Waals surface area contributed by atoms with Crippen LogP contribution in [0.2, 0.25) is 0 Å². The van der Waals surface area contributed by atoms with E-state index in [-0.39, 0.29) is 17.1 Å². The number of hydrogen-bond donors (Lipinski definition) is 2. The fourth-order valence-electron chi connectivity index (χ4n) is 0.814. The highest BCUT2D eigenvalue weighted by Gasteiger charge is 2.16. The summed E-state index contributed by atoms with van der Waals surface area (Å²) in [6.07, 6.45) is -2.82. The van der Waals surface area contributed by atoms with Crippen LogP contribution in [0.4, 0.5) is 20.3 Å². The molecule has 0 aromatic carbocycles. The van der Waals surface area contributed by atoms with Gasteiger partial charge in [0.25, 0.3) is 6.43 Å². The van der Waals surface area contributed by atoms with Gasteiger partial charge in [-0.3, -0.25) is 0 Å². The molecule has 1 aromatic heterocycles. The van der Waals surface area contributed by atoms with Gasteiger partial charge in [0.05, 0.1) is 11.3 Å². The van der Waals surface area contributed by atoms with Crippen LogP contribution in [0.5, 0.6) is 0 Å². The van der Waals surface area contributed by atoms with Crippen molar-refractivity contribution in [3.63, 3.8) is 0 Å². The van der Waals surface area contributed by atoms with Crippen LogP contribution in [0.3, 0.4) is 0 Å². The largest absolute Gasteiger partial charge is 0.396 e. The maximum Gasteiger partial charge on any atom is 0.281 e. The molecular weight excluding hydrogens is 178 g/mol. The molecule has 0 radical (unpaired) electrons. The fraction of sp³-hybridized carbons (Fsp3) is 0.143. The van der Waals surface area contributed by atoms with Crippen LogP contribution in [0.15, 0.2) is 6.07 Å². The van der Waals surface area contributed by atoms with Gasteiger partial charge in [0.1, 0.15) is 17.6 Å². The quantitative estimate of drug-likeness (QED) is 0.682. The molecule has 0 aliphatic rings. The number of rotatable bonds is 1. The van der Waals surface area contributed by atoms with Gasteiger partial charge < -0.3 is 11.5 Å². The highest BCUT2D eigenvalue weighted by molar-refractivity contribution is 5.62. The van der Waals surface area contributed by atoms with Crippen LogP contribution in [-0.2, 0) is 0 Å². The summed E-state index contributed by atoms with van der Waals surface area (Å²) in [6.45, 7) is 0. The lowest BCUT2D eigenvalue weighted by Gasteiger charge is -2.04. The van der Waals surface area contributed by atoms with Gasteiger partial charge in [-0.15, -0.1) is 0 Å². The average molecular weight is 184 g/mol. The molecule has 6 heteroatoms. The van der Waals surface area contributed by atoms with Gasteiger partial charge in [0.15, 0.2) is 0 Å². The summed E-state index contributed by atoms with van der Waals surface area (Å²) in [5.41, 5.74) is 9.63. The molecule has 68 valence electrons. The molecule has 4 nitrogen and oxygen atoms in total. The first-order chi connectivity index (χ1) is 6.06. The molecule has 0 aliphatic carbocycles. The van der Waals surface area contributed by atoms with Crippen molar-refractivity contribution in [1.82, 2.24) is 4.98 Å². The summed E-state index contributed by atoms with van der Waals surface area (Å²) in [7, 11) is 0. The van der Waals surface area contributed by atoms with Gasteiger partial charge in [-0.05, 0) is 6.07 Å². The number of anilines is 2. The number of nitriles is 1. The first-order valence-electron chi connectivity index (χ1n) is 3.30. The maximum absolute atomic E-state index is 12.2. The fourth-order valence-corrected chi connectivity index (χ4v) is 0.814. The lowest BCUT2D eigenvalue weighted by atomic mass is 10.2. The second kappa shape index (κ2) is 3.23. The third-order valence-electron chi connectivity index (χ3n) is 1.44. The molecule has 1 heterocycles. The normalized spacial score (nSPS) is 10.0. The van der Waals surface area contributed by atoms with E-state index in [0.29, 0.717) is 0 Å². The standard InChI is InChI=1S/C7H6F2N4/c8-6(9)5-3(2-10)1-4(11)7(12)13-5/h1,6H,11H2,(H2,12,13). The van der Waals surface area contributed by atoms with Crippen molar-refractivity contribution in [3.05, 3.63) is 17.3 Å². The van der Waals surface area contributed by atoms with Gasteiger partial charge in [0.2, 0.25) is 0 Å². The minimum absolute atomic E-state index is 0.0287. The number of aromatic nitrogens is 1. The number of hydrogen-bond acceptors (Lipinski definition) is 4. The van der Waals surface area contributed by atoms with Crippen molar-refractivity contribution in [2.24, 2.45) is 0 Å². The Morgan fingerprint density at radius 3 is 2.54 bits per heavy atom. The van der Waals surface area contributed by atoms with Crippen LogP contribution in [0.25, 0.3) is 0 Å². The Kier molecular flexibility index (Phi) is 2.28. The highest BCUT2D eigenvalue weighted by Crippen LogP contribution is 2.24. The van der Waals surface area contributed by atoms with Gasteiger partial charge >= 0.3 is 0 Å². The zero-order chi connectivity index (χ0) is 10.0. The molecule has 1 rings (SSSR count). The molecule has 0 amide bonds. The third-order valence-corrected chi connectivity index (χ3v) is 1.44. The van der Waals surface area contributed by atoms with E-state index >= 15 is 0 Å². The van der Waals surface area contributed by atoms with Crippen molar-refractivity contribution in [3.8, 4) is 6.07 Å². The summed E-state index contributed by atoms with van der Waals surface area (Å²) >= 11 is 0. The zero-order valence-electron chi connectivity index (χ0n) is 6.46. The first kappa shape index (κ1) is 9.19. The van der Waals surface area contributed by atoms with Crippen molar-refractivity contribution < 1.29 is 8.78 Å². The molecular formula is C7H6F2N4. The van der Waals surface area contributed by atoms with E-state index in [4.69, 9.17) is 16.7 Å². The molecule has 0 bridgehead atoms. The van der Waals surface area contributed by atoms with E-state index in [1.165, 1.54) is 0 Å². The second-order valence-electron chi connectivity index (χ2n) is 2.31. The van der Waals surface area contributed by atoms with Crippen LogP contribution < -0.4 is 11.5 Å². The molecule has 0 atom stereocenters. The number of pyridine rings is 1. The Labute approximate surface area is 72.8 Å². The van der Waals surface area contributed by atoms with Gasteiger partial charge in [-0.1, -0.05) is 0 Å². The molecule has 0 spiro atoms. The van der Waals surface area contributed by atoms with Crippen LogP contribution in [0, 0.1) is 11.3 Å². The highest BCUT2D eigenvalue weighted by atomic mass is 19.3. The summed E-state index contributed by atoms with van der Waals surface area (Å²) in [5, 5.41) is 8.46. The Bertz CT molecular complexity index is 369. The topological polar surface area (TPSA) is 88.7 Å². The molecule has 0 aliphatic heterocycles. The van der Waals surface area contributed by atoms with E-state index in [1.807, 2.05) is 0 Å². The molecule has 0 fully saturated rings. The molecule has 1 aromatic rings. The molecule has 4 N–H and O–H groups in total. The van der Waals surface area contributed by atoms with Gasteiger partial charge in [0, 0.05) is 0 Å². The Hall–Kier alpha value is -1.90. The smallest absolute Gasteiger partial charge is 0.281 e. The Morgan fingerprint density at radius 1 is 1.46 bits per heavy atom. The summed E-state index contributed by atoms with van der Waals surface area (Å²) in [5.74, 6) is -0.186. The summed E-state index contributed by atoms with van der Waals surface area (Å²) in [4.78, 5) is 3.32. The predicted molar refractivity (Wildman–Crippen MR) is 42.7 cm³/mol. The number of halogens is 2. The minimum atomic E-state index is -2.82.